The Morgan fingerprint density at radius 2 is 1.03 bits per heavy atom. The minimum atomic E-state index is -0.0292. The van der Waals surface area contributed by atoms with E-state index in [0.717, 1.165) is 51.4 Å². The van der Waals surface area contributed by atoms with Crippen molar-refractivity contribution < 1.29 is 9.59 Å². The van der Waals surface area contributed by atoms with Crippen molar-refractivity contribution >= 4 is 12.1 Å². The van der Waals surface area contributed by atoms with E-state index in [-0.39, 0.29) is 24.1 Å². The van der Waals surface area contributed by atoms with Gasteiger partial charge in [0.1, 0.15) is 0 Å². The molecule has 2 aliphatic rings. The van der Waals surface area contributed by atoms with E-state index in [1.807, 2.05) is 0 Å². The molecule has 0 radical (unpaired) electrons. The molecule has 0 aromatic heterocycles. The lowest BCUT2D eigenvalue weighted by Crippen LogP contribution is -2.47. The highest BCUT2D eigenvalue weighted by atomic mass is 16.2. The number of rotatable bonds is 9. The van der Waals surface area contributed by atoms with Crippen LogP contribution < -0.4 is 21.3 Å². The van der Waals surface area contributed by atoms with E-state index in [4.69, 9.17) is 0 Å². The van der Waals surface area contributed by atoms with Gasteiger partial charge in [-0.05, 0) is 74.0 Å². The molecule has 32 heavy (non-hydrogen) atoms. The van der Waals surface area contributed by atoms with E-state index in [9.17, 15) is 9.59 Å². The smallest absolute Gasteiger partial charge is 0.315 e. The second-order valence-electron chi connectivity index (χ2n) is 12.4. The first-order valence-corrected chi connectivity index (χ1v) is 13.0. The summed E-state index contributed by atoms with van der Waals surface area (Å²) in [7, 11) is 0. The Kier molecular flexibility index (Phi) is 10.2. The number of hydrogen-bond acceptors (Lipinski definition) is 2. The third kappa shape index (κ3) is 10.4. The van der Waals surface area contributed by atoms with Crippen LogP contribution in [0.25, 0.3) is 0 Å². The highest BCUT2D eigenvalue weighted by Crippen LogP contribution is 2.39. The van der Waals surface area contributed by atoms with Crippen LogP contribution in [0.5, 0.6) is 0 Å². The number of hydrogen-bond donors (Lipinski definition) is 4. The molecule has 2 aliphatic carbocycles. The van der Waals surface area contributed by atoms with Crippen LogP contribution in [0.1, 0.15) is 106 Å². The second-order valence-corrected chi connectivity index (χ2v) is 12.4. The van der Waals surface area contributed by atoms with Crippen LogP contribution in [-0.2, 0) is 0 Å². The largest absolute Gasteiger partial charge is 0.338 e. The molecule has 4 atom stereocenters. The minimum Gasteiger partial charge on any atom is -0.338 e. The lowest BCUT2D eigenvalue weighted by Gasteiger charge is -2.39. The van der Waals surface area contributed by atoms with Crippen molar-refractivity contribution in [3.8, 4) is 0 Å². The second kappa shape index (κ2) is 12.1. The average Bonchev–Trinajstić information content (AvgIpc) is 2.60. The summed E-state index contributed by atoms with van der Waals surface area (Å²) < 4.78 is 0. The predicted molar refractivity (Wildman–Crippen MR) is 133 cm³/mol. The van der Waals surface area contributed by atoms with Gasteiger partial charge in [-0.2, -0.15) is 0 Å². The molecule has 4 N–H and O–H groups in total. The molecule has 6 nitrogen and oxygen atoms in total. The van der Waals surface area contributed by atoms with E-state index in [1.54, 1.807) is 0 Å². The predicted octanol–water partition coefficient (Wildman–Crippen LogP) is 5.57. The molecule has 0 spiro atoms. The third-order valence-corrected chi connectivity index (χ3v) is 7.12. The standard InChI is InChI=1S/C26H50N4O2/c1-19-13-21(17-25(3,4)15-19)29-23(31)27-11-9-7-8-10-12-28-24(32)30-22-14-20(2)16-26(5,6)18-22/h19-22H,7-18H2,1-6H3,(H2,27,29,31)(H2,28,30,32)/t19-,20+,21-,22-/m1/s1. The first kappa shape index (κ1) is 26.8. The van der Waals surface area contributed by atoms with Crippen LogP contribution in [0.4, 0.5) is 9.59 Å². The number of amides is 4. The van der Waals surface area contributed by atoms with Crippen molar-refractivity contribution in [1.29, 1.82) is 0 Å². The summed E-state index contributed by atoms with van der Waals surface area (Å²) in [5, 5.41) is 12.3. The molecule has 0 bridgehead atoms. The van der Waals surface area contributed by atoms with Gasteiger partial charge in [0.2, 0.25) is 0 Å². The summed E-state index contributed by atoms with van der Waals surface area (Å²) in [6, 6.07) is 0.514. The summed E-state index contributed by atoms with van der Waals surface area (Å²) >= 11 is 0. The van der Waals surface area contributed by atoms with E-state index < -0.39 is 0 Å². The molecular weight excluding hydrogens is 400 g/mol. The zero-order valence-electron chi connectivity index (χ0n) is 21.6. The minimum absolute atomic E-state index is 0.0292. The Labute approximate surface area is 196 Å². The molecule has 0 unspecified atom stereocenters. The highest BCUT2D eigenvalue weighted by molar-refractivity contribution is 5.74. The summed E-state index contributed by atoms with van der Waals surface area (Å²) in [5.41, 5.74) is 0.623. The van der Waals surface area contributed by atoms with Gasteiger partial charge in [-0.1, -0.05) is 54.4 Å². The normalized spacial score (nSPS) is 29.1. The monoisotopic (exact) mass is 450 g/mol. The van der Waals surface area contributed by atoms with Gasteiger partial charge in [-0.3, -0.25) is 0 Å². The van der Waals surface area contributed by atoms with Crippen molar-refractivity contribution in [2.24, 2.45) is 22.7 Å². The Balaban J connectivity index is 1.46. The fraction of sp³-hybridized carbons (Fsp3) is 0.923. The summed E-state index contributed by atoms with van der Waals surface area (Å²) in [6.45, 7) is 15.2. The molecule has 0 aromatic rings. The number of nitrogens with one attached hydrogen (secondary N) is 4. The zero-order chi connectivity index (χ0) is 23.8. The van der Waals surface area contributed by atoms with Gasteiger partial charge < -0.3 is 21.3 Å². The van der Waals surface area contributed by atoms with Crippen molar-refractivity contribution in [3.63, 3.8) is 0 Å². The molecule has 186 valence electrons. The van der Waals surface area contributed by atoms with Crippen LogP contribution in [0.2, 0.25) is 0 Å². The van der Waals surface area contributed by atoms with Crippen molar-refractivity contribution in [2.75, 3.05) is 13.1 Å². The fourth-order valence-electron chi connectivity index (χ4n) is 6.39. The molecule has 0 aromatic carbocycles. The lowest BCUT2D eigenvalue weighted by atomic mass is 9.70. The Morgan fingerprint density at radius 3 is 1.38 bits per heavy atom. The van der Waals surface area contributed by atoms with Crippen LogP contribution >= 0.6 is 0 Å². The van der Waals surface area contributed by atoms with Gasteiger partial charge in [0.15, 0.2) is 0 Å². The first-order chi connectivity index (χ1) is 14.9. The molecule has 2 rings (SSSR count). The number of urea groups is 2. The van der Waals surface area contributed by atoms with Crippen LogP contribution in [-0.4, -0.2) is 37.2 Å². The van der Waals surface area contributed by atoms with Crippen molar-refractivity contribution in [1.82, 2.24) is 21.3 Å². The molecule has 0 saturated heterocycles. The fourth-order valence-corrected chi connectivity index (χ4v) is 6.39. The Hall–Kier alpha value is -1.46. The van der Waals surface area contributed by atoms with Crippen molar-refractivity contribution in [2.45, 2.75) is 118 Å². The number of unbranched alkanes of at least 4 members (excludes halogenated alkanes) is 3. The summed E-state index contributed by atoms with van der Waals surface area (Å²) in [6.07, 6.45) is 10.8. The van der Waals surface area contributed by atoms with Crippen LogP contribution in [0, 0.1) is 22.7 Å². The van der Waals surface area contributed by atoms with E-state index in [0.29, 0.717) is 35.8 Å². The molecule has 0 heterocycles. The van der Waals surface area contributed by atoms with E-state index in [1.165, 1.54) is 12.8 Å². The maximum Gasteiger partial charge on any atom is 0.315 e. The molecule has 2 fully saturated rings. The van der Waals surface area contributed by atoms with Crippen LogP contribution in [0.3, 0.4) is 0 Å². The third-order valence-electron chi connectivity index (χ3n) is 7.12. The molecule has 2 saturated carbocycles. The summed E-state index contributed by atoms with van der Waals surface area (Å²) in [4.78, 5) is 24.4. The van der Waals surface area contributed by atoms with Gasteiger partial charge in [0.25, 0.3) is 0 Å². The van der Waals surface area contributed by atoms with E-state index >= 15 is 0 Å². The van der Waals surface area contributed by atoms with Gasteiger partial charge >= 0.3 is 12.1 Å². The van der Waals surface area contributed by atoms with Gasteiger partial charge in [-0.15, -0.1) is 0 Å². The SMILES string of the molecule is C[C@@H]1C[C@@H](NC(=O)NCCCCCCNC(=O)N[C@@H]2C[C@H](C)CC(C)(C)C2)CC(C)(C)C1. The lowest BCUT2D eigenvalue weighted by molar-refractivity contribution is 0.151. The molecule has 4 amide bonds. The molecule has 6 heteroatoms. The topological polar surface area (TPSA) is 82.3 Å². The highest BCUT2D eigenvalue weighted by Gasteiger charge is 2.33. The number of carbonyl (C=O) groups excluding carboxylic acids is 2. The molecule has 0 aliphatic heterocycles. The maximum atomic E-state index is 12.2. The zero-order valence-corrected chi connectivity index (χ0v) is 21.6. The van der Waals surface area contributed by atoms with Crippen LogP contribution in [0.15, 0.2) is 0 Å². The maximum absolute atomic E-state index is 12.2. The Bertz CT molecular complexity index is 553. The van der Waals surface area contributed by atoms with Gasteiger partial charge in [-0.25, -0.2) is 9.59 Å². The quantitative estimate of drug-likeness (QED) is 0.346. The number of carbonyl (C=O) groups is 2. The van der Waals surface area contributed by atoms with Gasteiger partial charge in [0, 0.05) is 25.2 Å². The van der Waals surface area contributed by atoms with Gasteiger partial charge in [0.05, 0.1) is 0 Å². The molecular formula is C26H50N4O2. The first-order valence-electron chi connectivity index (χ1n) is 13.0. The Morgan fingerprint density at radius 1 is 0.656 bits per heavy atom. The average molecular weight is 451 g/mol. The summed E-state index contributed by atoms with van der Waals surface area (Å²) in [5.74, 6) is 1.33. The van der Waals surface area contributed by atoms with Crippen molar-refractivity contribution in [3.05, 3.63) is 0 Å². The van der Waals surface area contributed by atoms with E-state index in [2.05, 4.69) is 62.8 Å².